The zero-order chi connectivity index (χ0) is 14.2. The fourth-order valence-electron chi connectivity index (χ4n) is 1.54. The molecule has 0 radical (unpaired) electrons. The van der Waals surface area contributed by atoms with Crippen molar-refractivity contribution in [3.8, 4) is 0 Å². The van der Waals surface area contributed by atoms with Crippen LogP contribution in [0.4, 0.5) is 13.2 Å². The molecule has 1 atom stereocenters. The molecule has 10 heteroatoms. The molecule has 0 spiro atoms. The maximum absolute atomic E-state index is 12.7. The van der Waals surface area contributed by atoms with Crippen LogP contribution in [0, 0.1) is 0 Å². The monoisotopic (exact) mass is 297 g/mol. The van der Waals surface area contributed by atoms with Gasteiger partial charge in [-0.3, -0.25) is 9.36 Å². The Morgan fingerprint density at radius 1 is 1.58 bits per heavy atom. The van der Waals surface area contributed by atoms with E-state index in [1.165, 1.54) is 0 Å². The number of carboxylic acids is 1. The van der Waals surface area contributed by atoms with Crippen LogP contribution < -0.4 is 5.69 Å². The lowest BCUT2D eigenvalue weighted by atomic mass is 10.3. The van der Waals surface area contributed by atoms with Crippen molar-refractivity contribution in [2.75, 3.05) is 0 Å². The van der Waals surface area contributed by atoms with Crippen LogP contribution in [-0.2, 0) is 4.79 Å². The number of nitrogens with one attached hydrogen (secondary N) is 1. The highest BCUT2D eigenvalue weighted by Gasteiger charge is 2.43. The van der Waals surface area contributed by atoms with E-state index in [9.17, 15) is 22.8 Å². The highest BCUT2D eigenvalue weighted by atomic mass is 32.2. The molecule has 0 aliphatic heterocycles. The van der Waals surface area contributed by atoms with Gasteiger partial charge in [0.1, 0.15) is 5.25 Å². The Kier molecular flexibility index (Phi) is 3.61. The molecule has 0 aromatic carbocycles. The SMILES string of the molecule is O=C(O)CC(Sc1n[nH]c(=O)n1C1CC1)C(F)(F)F. The number of alkyl halides is 3. The summed E-state index contributed by atoms with van der Waals surface area (Å²) in [4.78, 5) is 21.9. The Morgan fingerprint density at radius 3 is 2.68 bits per heavy atom. The summed E-state index contributed by atoms with van der Waals surface area (Å²) < 4.78 is 39.3. The number of hydrogen-bond acceptors (Lipinski definition) is 4. The number of H-pyrrole nitrogens is 1. The zero-order valence-corrected chi connectivity index (χ0v) is 10.3. The molecule has 1 heterocycles. The first-order chi connectivity index (χ1) is 8.79. The highest BCUT2D eigenvalue weighted by molar-refractivity contribution is 7.99. The van der Waals surface area contributed by atoms with Gasteiger partial charge in [-0.2, -0.15) is 13.2 Å². The molecular formula is C9H10F3N3O3S. The van der Waals surface area contributed by atoms with Crippen molar-refractivity contribution in [1.82, 2.24) is 14.8 Å². The van der Waals surface area contributed by atoms with E-state index in [0.29, 0.717) is 12.8 Å². The van der Waals surface area contributed by atoms with E-state index in [4.69, 9.17) is 5.11 Å². The lowest BCUT2D eigenvalue weighted by molar-refractivity contribution is -0.149. The molecule has 1 fully saturated rings. The van der Waals surface area contributed by atoms with Crippen molar-refractivity contribution < 1.29 is 23.1 Å². The van der Waals surface area contributed by atoms with Crippen LogP contribution in [0.5, 0.6) is 0 Å². The van der Waals surface area contributed by atoms with Crippen LogP contribution in [-0.4, -0.2) is 37.3 Å². The molecule has 106 valence electrons. The van der Waals surface area contributed by atoms with E-state index in [2.05, 4.69) is 10.2 Å². The average molecular weight is 297 g/mol. The molecule has 0 amide bonds. The molecule has 2 N–H and O–H groups in total. The molecule has 2 rings (SSSR count). The Bertz CT molecular complexity index is 535. The fourth-order valence-corrected chi connectivity index (χ4v) is 2.60. The maximum Gasteiger partial charge on any atom is 0.401 e. The van der Waals surface area contributed by atoms with Gasteiger partial charge in [0.15, 0.2) is 5.16 Å². The first-order valence-electron chi connectivity index (χ1n) is 5.41. The number of hydrogen-bond donors (Lipinski definition) is 2. The van der Waals surface area contributed by atoms with Gasteiger partial charge >= 0.3 is 17.8 Å². The third-order valence-electron chi connectivity index (χ3n) is 2.56. The minimum absolute atomic E-state index is 0.115. The topological polar surface area (TPSA) is 88.0 Å². The number of nitrogens with zero attached hydrogens (tertiary/aromatic N) is 2. The van der Waals surface area contributed by atoms with Gasteiger partial charge < -0.3 is 5.11 Å². The molecule has 1 aromatic heterocycles. The van der Waals surface area contributed by atoms with Gasteiger partial charge in [0.05, 0.1) is 6.42 Å². The first-order valence-corrected chi connectivity index (χ1v) is 6.29. The Morgan fingerprint density at radius 2 is 2.21 bits per heavy atom. The zero-order valence-electron chi connectivity index (χ0n) is 9.48. The normalized spacial score (nSPS) is 17.4. The predicted octanol–water partition coefficient (Wildman–Crippen LogP) is 1.40. The number of rotatable bonds is 5. The lowest BCUT2D eigenvalue weighted by Gasteiger charge is -2.17. The summed E-state index contributed by atoms with van der Waals surface area (Å²) >= 11 is 0.255. The largest absolute Gasteiger partial charge is 0.481 e. The number of aliphatic carboxylic acids is 1. The molecule has 1 aliphatic carbocycles. The number of aromatic amines is 1. The lowest BCUT2D eigenvalue weighted by Crippen LogP contribution is -2.29. The number of carboxylic acid groups (broad SMARTS) is 1. The minimum atomic E-state index is -4.67. The standard InChI is InChI=1S/C9H10F3N3O3S/c10-9(11,12)5(3-6(16)17)19-8-14-13-7(18)15(8)4-1-2-4/h4-5H,1-3H2,(H,13,18)(H,16,17). The quantitative estimate of drug-likeness (QED) is 0.802. The average Bonchev–Trinajstić information content (AvgIpc) is 3.02. The second kappa shape index (κ2) is 4.91. The van der Waals surface area contributed by atoms with Gasteiger partial charge in [0, 0.05) is 6.04 Å². The second-order valence-electron chi connectivity index (χ2n) is 4.16. The summed E-state index contributed by atoms with van der Waals surface area (Å²) in [6.07, 6.45) is -4.32. The van der Waals surface area contributed by atoms with Crippen molar-refractivity contribution in [2.24, 2.45) is 0 Å². The molecule has 1 unspecified atom stereocenters. The van der Waals surface area contributed by atoms with Gasteiger partial charge in [-0.05, 0) is 12.8 Å². The molecule has 1 aromatic rings. The summed E-state index contributed by atoms with van der Waals surface area (Å²) in [5, 5.41) is 11.9. The summed E-state index contributed by atoms with van der Waals surface area (Å²) in [6.45, 7) is 0. The van der Waals surface area contributed by atoms with Crippen LogP contribution in [0.2, 0.25) is 0 Å². The Labute approximate surface area is 109 Å². The van der Waals surface area contributed by atoms with Crippen molar-refractivity contribution >= 4 is 17.7 Å². The number of aromatic nitrogens is 3. The van der Waals surface area contributed by atoms with Gasteiger partial charge in [0.2, 0.25) is 0 Å². The molecular weight excluding hydrogens is 287 g/mol. The third-order valence-corrected chi connectivity index (χ3v) is 3.77. The molecule has 0 saturated heterocycles. The fraction of sp³-hybridized carbons (Fsp3) is 0.667. The van der Waals surface area contributed by atoms with E-state index in [0.717, 1.165) is 4.57 Å². The number of thioether (sulfide) groups is 1. The van der Waals surface area contributed by atoms with E-state index >= 15 is 0 Å². The molecule has 1 aliphatic rings. The van der Waals surface area contributed by atoms with E-state index < -0.39 is 29.5 Å². The Balaban J connectivity index is 2.21. The molecule has 1 saturated carbocycles. The summed E-state index contributed by atoms with van der Waals surface area (Å²) in [5.74, 6) is -1.55. The van der Waals surface area contributed by atoms with Gasteiger partial charge in [-0.1, -0.05) is 11.8 Å². The Hall–Kier alpha value is -1.45. The van der Waals surface area contributed by atoms with Crippen molar-refractivity contribution in [3.63, 3.8) is 0 Å². The van der Waals surface area contributed by atoms with E-state index in [1.54, 1.807) is 0 Å². The van der Waals surface area contributed by atoms with Crippen LogP contribution in [0.1, 0.15) is 25.3 Å². The summed E-state index contributed by atoms with van der Waals surface area (Å²) in [6, 6.07) is -0.132. The van der Waals surface area contributed by atoms with E-state index in [1.807, 2.05) is 0 Å². The predicted molar refractivity (Wildman–Crippen MR) is 59.1 cm³/mol. The molecule has 0 bridgehead atoms. The van der Waals surface area contributed by atoms with Crippen LogP contribution >= 0.6 is 11.8 Å². The van der Waals surface area contributed by atoms with Crippen LogP contribution in [0.25, 0.3) is 0 Å². The maximum atomic E-state index is 12.7. The third kappa shape index (κ3) is 3.31. The van der Waals surface area contributed by atoms with Crippen molar-refractivity contribution in [1.29, 1.82) is 0 Å². The number of carbonyl (C=O) groups is 1. The van der Waals surface area contributed by atoms with Crippen LogP contribution in [0.15, 0.2) is 9.95 Å². The van der Waals surface area contributed by atoms with Crippen molar-refractivity contribution in [2.45, 2.75) is 41.9 Å². The van der Waals surface area contributed by atoms with Crippen molar-refractivity contribution in [3.05, 3.63) is 10.5 Å². The van der Waals surface area contributed by atoms with Crippen LogP contribution in [0.3, 0.4) is 0 Å². The van der Waals surface area contributed by atoms with Gasteiger partial charge in [0.25, 0.3) is 0 Å². The molecule has 6 nitrogen and oxygen atoms in total. The minimum Gasteiger partial charge on any atom is -0.481 e. The number of halogens is 3. The van der Waals surface area contributed by atoms with E-state index in [-0.39, 0.29) is 23.0 Å². The highest BCUT2D eigenvalue weighted by Crippen LogP contribution is 2.40. The second-order valence-corrected chi connectivity index (χ2v) is 5.33. The molecule has 19 heavy (non-hydrogen) atoms. The smallest absolute Gasteiger partial charge is 0.401 e. The first kappa shape index (κ1) is 14.0. The van der Waals surface area contributed by atoms with Gasteiger partial charge in [-0.25, -0.2) is 9.89 Å². The summed E-state index contributed by atoms with van der Waals surface area (Å²) in [7, 11) is 0. The summed E-state index contributed by atoms with van der Waals surface area (Å²) in [5.41, 5.74) is -0.568. The van der Waals surface area contributed by atoms with Gasteiger partial charge in [-0.15, -0.1) is 5.10 Å².